The molecule has 112 valence electrons. The summed E-state index contributed by atoms with van der Waals surface area (Å²) in [6.45, 7) is 1.53. The lowest BCUT2D eigenvalue weighted by Gasteiger charge is -2.36. The molecule has 0 saturated carbocycles. The lowest BCUT2D eigenvalue weighted by molar-refractivity contribution is -0.187. The lowest BCUT2D eigenvalue weighted by Crippen LogP contribution is -2.49. The van der Waals surface area contributed by atoms with Gasteiger partial charge in [0, 0.05) is 26.2 Å². The maximum atomic E-state index is 13.6. The van der Waals surface area contributed by atoms with Crippen LogP contribution in [0.25, 0.3) is 0 Å². The molecule has 1 aliphatic rings. The number of hydrogen-bond donors (Lipinski definition) is 1. The average molecular weight is 292 g/mol. The third-order valence-corrected chi connectivity index (χ3v) is 3.32. The predicted octanol–water partition coefficient (Wildman–Crippen LogP) is 2.34. The average Bonchev–Trinajstić information content (AvgIpc) is 2.39. The molecule has 1 aromatic rings. The maximum absolute atomic E-state index is 13.6. The standard InChI is InChI=1S/C13H16F4N2O/c1-20-11-3-2-9(8-10(11)14)12(13(15,16)17)19-6-4-18-5-7-19/h2-3,8,12,18H,4-7H2,1H3/t12-/m0/s1. The minimum Gasteiger partial charge on any atom is -0.494 e. The quantitative estimate of drug-likeness (QED) is 0.866. The first-order valence-electron chi connectivity index (χ1n) is 6.28. The van der Waals surface area contributed by atoms with Crippen LogP contribution in [0.1, 0.15) is 11.6 Å². The molecule has 2 rings (SSSR count). The lowest BCUT2D eigenvalue weighted by atomic mass is 10.0. The number of benzene rings is 1. The Balaban J connectivity index is 2.33. The number of halogens is 4. The second-order valence-corrected chi connectivity index (χ2v) is 4.62. The minimum atomic E-state index is -4.45. The summed E-state index contributed by atoms with van der Waals surface area (Å²) in [5.74, 6) is -0.843. The van der Waals surface area contributed by atoms with E-state index in [9.17, 15) is 17.6 Å². The number of piperazine rings is 1. The van der Waals surface area contributed by atoms with Crippen LogP contribution in [0.15, 0.2) is 18.2 Å². The summed E-state index contributed by atoms with van der Waals surface area (Å²) in [4.78, 5) is 1.32. The summed E-state index contributed by atoms with van der Waals surface area (Å²) in [5.41, 5.74) is -0.0994. The van der Waals surface area contributed by atoms with Crippen LogP contribution in [0.3, 0.4) is 0 Å². The Bertz CT molecular complexity index is 458. The van der Waals surface area contributed by atoms with E-state index in [1.54, 1.807) is 0 Å². The smallest absolute Gasteiger partial charge is 0.408 e. The molecule has 1 fully saturated rings. The molecule has 1 saturated heterocycles. The fraction of sp³-hybridized carbons (Fsp3) is 0.538. The monoisotopic (exact) mass is 292 g/mol. The summed E-state index contributed by atoms with van der Waals surface area (Å²) in [6.07, 6.45) is -4.45. The minimum absolute atomic E-state index is 0.0602. The third-order valence-electron chi connectivity index (χ3n) is 3.32. The van der Waals surface area contributed by atoms with Crippen molar-refractivity contribution in [2.24, 2.45) is 0 Å². The van der Waals surface area contributed by atoms with Crippen molar-refractivity contribution in [3.8, 4) is 5.75 Å². The number of rotatable bonds is 3. The first-order valence-corrected chi connectivity index (χ1v) is 6.28. The van der Waals surface area contributed by atoms with Crippen LogP contribution in [0, 0.1) is 5.82 Å². The summed E-state index contributed by atoms with van der Waals surface area (Å²) in [6, 6.07) is 1.61. The highest BCUT2D eigenvalue weighted by molar-refractivity contribution is 5.31. The Morgan fingerprint density at radius 1 is 1.25 bits per heavy atom. The van der Waals surface area contributed by atoms with E-state index in [1.807, 2.05) is 0 Å². The Labute approximate surface area is 114 Å². The van der Waals surface area contributed by atoms with Crippen LogP contribution < -0.4 is 10.1 Å². The van der Waals surface area contributed by atoms with Crippen molar-refractivity contribution in [1.82, 2.24) is 10.2 Å². The van der Waals surface area contributed by atoms with E-state index in [0.29, 0.717) is 13.1 Å². The SMILES string of the molecule is COc1ccc([C@H](N2CCNCC2)C(F)(F)F)cc1F. The Kier molecular flexibility index (Phi) is 4.49. The van der Waals surface area contributed by atoms with Crippen molar-refractivity contribution in [1.29, 1.82) is 0 Å². The number of hydrogen-bond acceptors (Lipinski definition) is 3. The number of ether oxygens (including phenoxy) is 1. The van der Waals surface area contributed by atoms with E-state index < -0.39 is 18.0 Å². The van der Waals surface area contributed by atoms with Gasteiger partial charge in [-0.25, -0.2) is 4.39 Å². The molecule has 1 atom stereocenters. The highest BCUT2D eigenvalue weighted by atomic mass is 19.4. The molecule has 7 heteroatoms. The van der Waals surface area contributed by atoms with Gasteiger partial charge in [-0.3, -0.25) is 4.90 Å². The molecule has 0 aliphatic carbocycles. The van der Waals surface area contributed by atoms with Crippen LogP contribution >= 0.6 is 0 Å². The van der Waals surface area contributed by atoms with Gasteiger partial charge in [0.2, 0.25) is 0 Å². The first kappa shape index (κ1) is 15.1. The normalized spacial score (nSPS) is 18.9. The molecule has 20 heavy (non-hydrogen) atoms. The van der Waals surface area contributed by atoms with Gasteiger partial charge in [0.25, 0.3) is 0 Å². The van der Waals surface area contributed by atoms with Gasteiger partial charge in [-0.2, -0.15) is 13.2 Å². The molecule has 1 heterocycles. The zero-order valence-corrected chi connectivity index (χ0v) is 11.0. The zero-order valence-electron chi connectivity index (χ0n) is 11.0. The highest BCUT2D eigenvalue weighted by Gasteiger charge is 2.45. The summed E-state index contributed by atoms with van der Waals surface area (Å²) < 4.78 is 58.2. The van der Waals surface area contributed by atoms with Crippen molar-refractivity contribution < 1.29 is 22.3 Å². The molecular formula is C13H16F4N2O. The molecule has 0 unspecified atom stereocenters. The summed E-state index contributed by atoms with van der Waals surface area (Å²) in [5, 5.41) is 3.00. The fourth-order valence-electron chi connectivity index (χ4n) is 2.40. The molecule has 1 N–H and O–H groups in total. The Morgan fingerprint density at radius 3 is 2.40 bits per heavy atom. The molecule has 0 bridgehead atoms. The number of alkyl halides is 3. The van der Waals surface area contributed by atoms with Crippen molar-refractivity contribution >= 4 is 0 Å². The Hall–Kier alpha value is -1.34. The fourth-order valence-corrected chi connectivity index (χ4v) is 2.40. The van der Waals surface area contributed by atoms with E-state index in [4.69, 9.17) is 4.74 Å². The third kappa shape index (κ3) is 3.21. The van der Waals surface area contributed by atoms with E-state index in [0.717, 1.165) is 6.07 Å². The van der Waals surface area contributed by atoms with Gasteiger partial charge < -0.3 is 10.1 Å². The number of methoxy groups -OCH3 is 1. The molecule has 0 aromatic heterocycles. The zero-order chi connectivity index (χ0) is 14.8. The van der Waals surface area contributed by atoms with Gasteiger partial charge in [0.1, 0.15) is 6.04 Å². The van der Waals surface area contributed by atoms with Gasteiger partial charge in [-0.1, -0.05) is 6.07 Å². The van der Waals surface area contributed by atoms with E-state index >= 15 is 0 Å². The van der Waals surface area contributed by atoms with Crippen LogP contribution in [-0.2, 0) is 0 Å². The maximum Gasteiger partial charge on any atom is 0.408 e. The largest absolute Gasteiger partial charge is 0.494 e. The van der Waals surface area contributed by atoms with E-state index in [1.165, 1.54) is 24.1 Å². The number of nitrogens with zero attached hydrogens (tertiary/aromatic N) is 1. The van der Waals surface area contributed by atoms with Crippen molar-refractivity contribution in [2.45, 2.75) is 12.2 Å². The van der Waals surface area contributed by atoms with Crippen LogP contribution in [-0.4, -0.2) is 44.4 Å². The predicted molar refractivity (Wildman–Crippen MR) is 66.2 cm³/mol. The molecule has 3 nitrogen and oxygen atoms in total. The van der Waals surface area contributed by atoms with Crippen molar-refractivity contribution in [2.75, 3.05) is 33.3 Å². The van der Waals surface area contributed by atoms with Crippen molar-refractivity contribution in [3.05, 3.63) is 29.6 Å². The summed E-state index contributed by atoms with van der Waals surface area (Å²) in [7, 11) is 1.27. The van der Waals surface area contributed by atoms with Crippen molar-refractivity contribution in [3.63, 3.8) is 0 Å². The van der Waals surface area contributed by atoms with Gasteiger partial charge in [-0.15, -0.1) is 0 Å². The second kappa shape index (κ2) is 5.97. The summed E-state index contributed by atoms with van der Waals surface area (Å²) >= 11 is 0. The molecule has 0 spiro atoms. The first-order chi connectivity index (χ1) is 9.43. The topological polar surface area (TPSA) is 24.5 Å². The van der Waals surface area contributed by atoms with Gasteiger partial charge in [-0.05, 0) is 17.7 Å². The molecule has 1 aromatic carbocycles. The molecular weight excluding hydrogens is 276 g/mol. The van der Waals surface area contributed by atoms with Gasteiger partial charge in [0.15, 0.2) is 11.6 Å². The molecule has 0 amide bonds. The van der Waals surface area contributed by atoms with Crippen LogP contribution in [0.4, 0.5) is 17.6 Å². The van der Waals surface area contributed by atoms with Crippen LogP contribution in [0.2, 0.25) is 0 Å². The highest BCUT2D eigenvalue weighted by Crippen LogP contribution is 2.38. The van der Waals surface area contributed by atoms with Gasteiger partial charge >= 0.3 is 6.18 Å². The molecule has 1 aliphatic heterocycles. The molecule has 0 radical (unpaired) electrons. The van der Waals surface area contributed by atoms with E-state index in [2.05, 4.69) is 5.32 Å². The van der Waals surface area contributed by atoms with Gasteiger partial charge in [0.05, 0.1) is 7.11 Å². The number of nitrogens with one attached hydrogen (secondary N) is 1. The second-order valence-electron chi connectivity index (χ2n) is 4.62. The van der Waals surface area contributed by atoms with Crippen LogP contribution in [0.5, 0.6) is 5.75 Å². The van der Waals surface area contributed by atoms with E-state index in [-0.39, 0.29) is 24.4 Å². The Morgan fingerprint density at radius 2 is 1.90 bits per heavy atom.